The van der Waals surface area contributed by atoms with Gasteiger partial charge in [-0.15, -0.1) is 0 Å². The van der Waals surface area contributed by atoms with E-state index in [2.05, 4.69) is 5.32 Å². The van der Waals surface area contributed by atoms with Crippen molar-refractivity contribution in [3.63, 3.8) is 0 Å². The number of hydrogen-bond acceptors (Lipinski definition) is 3. The molecule has 0 bridgehead atoms. The minimum Gasteiger partial charge on any atom is -0.507 e. The third kappa shape index (κ3) is 2.24. The van der Waals surface area contributed by atoms with Crippen LogP contribution in [0.1, 0.15) is 17.4 Å². The number of nitrogens with zero attached hydrogens (tertiary/aromatic N) is 1. The zero-order chi connectivity index (χ0) is 14.2. The molecule has 6 heteroatoms. The van der Waals surface area contributed by atoms with Gasteiger partial charge < -0.3 is 20.1 Å². The highest BCUT2D eigenvalue weighted by molar-refractivity contribution is 6.01. The summed E-state index contributed by atoms with van der Waals surface area (Å²) in [5.41, 5.74) is 0.998. The topological polar surface area (TPSA) is 91.6 Å². The molecule has 1 atom stereocenters. The maximum atomic E-state index is 12.0. The maximum absolute atomic E-state index is 12.0. The van der Waals surface area contributed by atoms with E-state index in [1.165, 1.54) is 19.1 Å². The highest BCUT2D eigenvalue weighted by Crippen LogP contribution is 2.27. The van der Waals surface area contributed by atoms with Gasteiger partial charge in [0.2, 0.25) is 0 Å². The molecule has 0 spiro atoms. The van der Waals surface area contributed by atoms with Crippen LogP contribution >= 0.6 is 0 Å². The fourth-order valence-corrected chi connectivity index (χ4v) is 1.90. The normalized spacial score (nSPS) is 12.3. The first-order chi connectivity index (χ1) is 8.91. The number of aryl methyl sites for hydroxylation is 1. The van der Waals surface area contributed by atoms with Crippen LogP contribution in [0.15, 0.2) is 24.3 Å². The van der Waals surface area contributed by atoms with Crippen LogP contribution in [0.4, 0.5) is 0 Å². The summed E-state index contributed by atoms with van der Waals surface area (Å²) >= 11 is 0. The van der Waals surface area contributed by atoms with E-state index in [4.69, 9.17) is 5.11 Å². The van der Waals surface area contributed by atoms with Crippen molar-refractivity contribution in [3.05, 3.63) is 30.0 Å². The van der Waals surface area contributed by atoms with E-state index < -0.39 is 17.9 Å². The van der Waals surface area contributed by atoms with Gasteiger partial charge in [0.05, 0.1) is 5.52 Å². The smallest absolute Gasteiger partial charge is 0.325 e. The van der Waals surface area contributed by atoms with Gasteiger partial charge >= 0.3 is 5.97 Å². The van der Waals surface area contributed by atoms with Crippen LogP contribution in [-0.2, 0) is 11.8 Å². The number of phenolic OH excluding ortho intramolecular Hbond substituents is 1. The molecule has 3 N–H and O–H groups in total. The van der Waals surface area contributed by atoms with Gasteiger partial charge in [-0.2, -0.15) is 0 Å². The van der Waals surface area contributed by atoms with Crippen molar-refractivity contribution < 1.29 is 19.8 Å². The predicted octanol–water partition coefficient (Wildman–Crippen LogP) is 1.09. The highest BCUT2D eigenvalue weighted by atomic mass is 16.4. The third-order valence-electron chi connectivity index (χ3n) is 3.01. The lowest BCUT2D eigenvalue weighted by molar-refractivity contribution is -0.138. The Kier molecular flexibility index (Phi) is 3.16. The number of carbonyl (C=O) groups excluding carboxylic acids is 1. The Morgan fingerprint density at radius 3 is 2.63 bits per heavy atom. The molecule has 0 saturated heterocycles. The van der Waals surface area contributed by atoms with Crippen LogP contribution < -0.4 is 5.32 Å². The molecule has 0 fully saturated rings. The fourth-order valence-electron chi connectivity index (χ4n) is 1.90. The van der Waals surface area contributed by atoms with Gasteiger partial charge in [-0.1, -0.05) is 6.07 Å². The summed E-state index contributed by atoms with van der Waals surface area (Å²) in [6, 6.07) is 5.54. The number of rotatable bonds is 3. The third-order valence-corrected chi connectivity index (χ3v) is 3.01. The molecule has 1 heterocycles. The fraction of sp³-hybridized carbons (Fsp3) is 0.231. The second-order valence-electron chi connectivity index (χ2n) is 4.33. The molecule has 0 unspecified atom stereocenters. The lowest BCUT2D eigenvalue weighted by atomic mass is 10.2. The first-order valence-electron chi connectivity index (χ1n) is 5.73. The molecule has 0 aliphatic heterocycles. The van der Waals surface area contributed by atoms with Crippen LogP contribution in [0.25, 0.3) is 10.9 Å². The summed E-state index contributed by atoms with van der Waals surface area (Å²) < 4.78 is 1.61. The number of carboxylic acids is 1. The molecule has 0 saturated carbocycles. The number of amides is 1. The number of carbonyl (C=O) groups is 2. The summed E-state index contributed by atoms with van der Waals surface area (Å²) in [6.45, 7) is 1.39. The maximum Gasteiger partial charge on any atom is 0.325 e. The molecule has 19 heavy (non-hydrogen) atoms. The van der Waals surface area contributed by atoms with E-state index in [-0.39, 0.29) is 5.75 Å². The van der Waals surface area contributed by atoms with Crippen molar-refractivity contribution in [3.8, 4) is 5.75 Å². The molecule has 0 aliphatic carbocycles. The number of phenols is 1. The van der Waals surface area contributed by atoms with E-state index in [0.29, 0.717) is 16.6 Å². The van der Waals surface area contributed by atoms with Crippen LogP contribution in [-0.4, -0.2) is 32.7 Å². The van der Waals surface area contributed by atoms with Crippen molar-refractivity contribution in [2.75, 3.05) is 0 Å². The SMILES string of the molecule is C[C@H](NC(=O)c1cc2c(O)cccc2n1C)C(=O)O. The summed E-state index contributed by atoms with van der Waals surface area (Å²) in [6.07, 6.45) is 0. The molecule has 6 nitrogen and oxygen atoms in total. The van der Waals surface area contributed by atoms with E-state index in [0.717, 1.165) is 0 Å². The summed E-state index contributed by atoms with van der Waals surface area (Å²) in [5.74, 6) is -1.51. The van der Waals surface area contributed by atoms with Gasteiger partial charge in [-0.3, -0.25) is 9.59 Å². The monoisotopic (exact) mass is 262 g/mol. The Labute approximate surface area is 109 Å². The quantitative estimate of drug-likeness (QED) is 0.772. The molecular weight excluding hydrogens is 248 g/mol. The van der Waals surface area contributed by atoms with E-state index in [1.54, 1.807) is 23.7 Å². The van der Waals surface area contributed by atoms with Crippen LogP contribution in [0.2, 0.25) is 0 Å². The highest BCUT2D eigenvalue weighted by Gasteiger charge is 2.19. The Morgan fingerprint density at radius 1 is 1.37 bits per heavy atom. The van der Waals surface area contributed by atoms with Crippen LogP contribution in [0, 0.1) is 0 Å². The Bertz CT molecular complexity index is 660. The molecule has 100 valence electrons. The number of fused-ring (bicyclic) bond motifs is 1. The van der Waals surface area contributed by atoms with Gasteiger partial charge in [0, 0.05) is 12.4 Å². The Balaban J connectivity index is 2.41. The number of aliphatic carboxylic acids is 1. The van der Waals surface area contributed by atoms with Crippen molar-refractivity contribution >= 4 is 22.8 Å². The number of hydrogen-bond donors (Lipinski definition) is 3. The number of nitrogens with one attached hydrogen (secondary N) is 1. The first-order valence-corrected chi connectivity index (χ1v) is 5.73. The molecular formula is C13H14N2O4. The molecule has 1 aromatic carbocycles. The van der Waals surface area contributed by atoms with Gasteiger partial charge in [0.25, 0.3) is 5.91 Å². The molecule has 1 aromatic heterocycles. The zero-order valence-electron chi connectivity index (χ0n) is 10.5. The van der Waals surface area contributed by atoms with E-state index in [1.807, 2.05) is 0 Å². The van der Waals surface area contributed by atoms with Crippen molar-refractivity contribution in [1.29, 1.82) is 0 Å². The average Bonchev–Trinajstić information content (AvgIpc) is 2.68. The molecule has 2 rings (SSSR count). The number of aromatic hydroxyl groups is 1. The largest absolute Gasteiger partial charge is 0.507 e. The van der Waals surface area contributed by atoms with Crippen LogP contribution in [0.5, 0.6) is 5.75 Å². The van der Waals surface area contributed by atoms with Crippen molar-refractivity contribution in [1.82, 2.24) is 9.88 Å². The van der Waals surface area contributed by atoms with Gasteiger partial charge in [-0.05, 0) is 25.1 Å². The standard InChI is InChI=1S/C13H14N2O4/c1-7(13(18)19)14-12(17)10-6-8-9(15(10)2)4-3-5-11(8)16/h3-7,16H,1-2H3,(H,14,17)(H,18,19)/t7-/m0/s1. The number of benzene rings is 1. The van der Waals surface area contributed by atoms with E-state index in [9.17, 15) is 14.7 Å². The predicted molar refractivity (Wildman–Crippen MR) is 69.1 cm³/mol. The summed E-state index contributed by atoms with van der Waals surface area (Å²) in [7, 11) is 1.68. The first kappa shape index (κ1) is 12.9. The Hall–Kier alpha value is -2.50. The summed E-state index contributed by atoms with van der Waals surface area (Å²) in [5, 5.41) is 21.4. The number of aromatic nitrogens is 1. The molecule has 0 aliphatic rings. The van der Waals surface area contributed by atoms with Crippen LogP contribution in [0.3, 0.4) is 0 Å². The minimum atomic E-state index is -1.10. The lowest BCUT2D eigenvalue weighted by Gasteiger charge is -2.09. The Morgan fingerprint density at radius 2 is 2.05 bits per heavy atom. The van der Waals surface area contributed by atoms with Gasteiger partial charge in [0.1, 0.15) is 17.5 Å². The van der Waals surface area contributed by atoms with Crippen molar-refractivity contribution in [2.45, 2.75) is 13.0 Å². The van der Waals surface area contributed by atoms with Gasteiger partial charge in [-0.25, -0.2) is 0 Å². The number of carboxylic acid groups (broad SMARTS) is 1. The minimum absolute atomic E-state index is 0.0819. The molecule has 0 radical (unpaired) electrons. The lowest BCUT2D eigenvalue weighted by Crippen LogP contribution is -2.39. The molecule has 1 amide bonds. The van der Waals surface area contributed by atoms with Crippen molar-refractivity contribution in [2.24, 2.45) is 7.05 Å². The second-order valence-corrected chi connectivity index (χ2v) is 4.33. The molecule has 2 aromatic rings. The van der Waals surface area contributed by atoms with E-state index >= 15 is 0 Å². The van der Waals surface area contributed by atoms with Gasteiger partial charge in [0.15, 0.2) is 0 Å². The zero-order valence-corrected chi connectivity index (χ0v) is 10.5. The average molecular weight is 262 g/mol. The summed E-state index contributed by atoms with van der Waals surface area (Å²) in [4.78, 5) is 22.7. The second kappa shape index (κ2) is 4.64.